The van der Waals surface area contributed by atoms with Crippen LogP contribution in [0.4, 0.5) is 0 Å². The van der Waals surface area contributed by atoms with E-state index in [1.807, 2.05) is 6.20 Å². The van der Waals surface area contributed by atoms with Gasteiger partial charge in [-0.15, -0.1) is 11.3 Å². The first kappa shape index (κ1) is 10.1. The average molecular weight is 211 g/mol. The number of nitrogens with zero attached hydrogens (tertiary/aromatic N) is 2. The van der Waals surface area contributed by atoms with Crippen molar-refractivity contribution in [3.8, 4) is 0 Å². The first-order valence-corrected chi connectivity index (χ1v) is 6.08. The van der Waals surface area contributed by atoms with Crippen molar-refractivity contribution >= 4 is 11.3 Å². The predicted octanol–water partition coefficient (Wildman–Crippen LogP) is 1.48. The van der Waals surface area contributed by atoms with Crippen LogP contribution in [0.15, 0.2) is 11.6 Å². The monoisotopic (exact) mass is 211 g/mol. The highest BCUT2D eigenvalue weighted by molar-refractivity contribution is 7.09. The van der Waals surface area contributed by atoms with E-state index in [9.17, 15) is 0 Å². The molecule has 2 N–H and O–H groups in total. The standard InChI is InChI=1S/C10H17N3S/c1-2-13-5-3-8(7-11)9(13)10-12-4-6-14-10/h4,6,8-9H,2-3,5,7,11H2,1H3. The minimum absolute atomic E-state index is 0.477. The van der Waals surface area contributed by atoms with E-state index >= 15 is 0 Å². The van der Waals surface area contributed by atoms with Gasteiger partial charge in [-0.2, -0.15) is 0 Å². The molecule has 1 aromatic rings. The Bertz CT molecular complexity index is 261. The van der Waals surface area contributed by atoms with Crippen LogP contribution in [0.3, 0.4) is 0 Å². The van der Waals surface area contributed by atoms with Gasteiger partial charge in [0.25, 0.3) is 0 Å². The van der Waals surface area contributed by atoms with E-state index in [2.05, 4.69) is 22.2 Å². The first-order chi connectivity index (χ1) is 6.86. The number of rotatable bonds is 3. The molecule has 0 bridgehead atoms. The van der Waals surface area contributed by atoms with Crippen LogP contribution in [0.2, 0.25) is 0 Å². The van der Waals surface area contributed by atoms with E-state index in [4.69, 9.17) is 5.73 Å². The number of hydrogen-bond acceptors (Lipinski definition) is 4. The predicted molar refractivity (Wildman–Crippen MR) is 59.3 cm³/mol. The van der Waals surface area contributed by atoms with E-state index in [0.29, 0.717) is 12.0 Å². The number of likely N-dealkylation sites (tertiary alicyclic amines) is 1. The van der Waals surface area contributed by atoms with Crippen LogP contribution in [0, 0.1) is 5.92 Å². The Morgan fingerprint density at radius 2 is 2.57 bits per heavy atom. The van der Waals surface area contributed by atoms with Crippen LogP contribution in [0.25, 0.3) is 0 Å². The van der Waals surface area contributed by atoms with Gasteiger partial charge in [-0.25, -0.2) is 4.98 Å². The highest BCUT2D eigenvalue weighted by Crippen LogP contribution is 2.36. The van der Waals surface area contributed by atoms with E-state index in [0.717, 1.165) is 13.1 Å². The van der Waals surface area contributed by atoms with Crippen molar-refractivity contribution in [2.45, 2.75) is 19.4 Å². The zero-order chi connectivity index (χ0) is 9.97. The number of aromatic nitrogens is 1. The van der Waals surface area contributed by atoms with Gasteiger partial charge in [0, 0.05) is 11.6 Å². The molecule has 1 aromatic heterocycles. The summed E-state index contributed by atoms with van der Waals surface area (Å²) in [4.78, 5) is 6.90. The van der Waals surface area contributed by atoms with Crippen LogP contribution in [-0.2, 0) is 0 Å². The van der Waals surface area contributed by atoms with Crippen LogP contribution >= 0.6 is 11.3 Å². The molecule has 14 heavy (non-hydrogen) atoms. The Morgan fingerprint density at radius 1 is 1.71 bits per heavy atom. The van der Waals surface area contributed by atoms with Crippen LogP contribution in [0.1, 0.15) is 24.4 Å². The third-order valence-corrected chi connectivity index (χ3v) is 3.89. The van der Waals surface area contributed by atoms with Gasteiger partial charge in [-0.3, -0.25) is 4.90 Å². The van der Waals surface area contributed by atoms with Crippen LogP contribution in [0.5, 0.6) is 0 Å². The molecule has 0 saturated carbocycles. The zero-order valence-corrected chi connectivity index (χ0v) is 9.33. The van der Waals surface area contributed by atoms with Gasteiger partial charge < -0.3 is 5.73 Å². The first-order valence-electron chi connectivity index (χ1n) is 5.20. The molecule has 2 heterocycles. The zero-order valence-electron chi connectivity index (χ0n) is 8.52. The fraction of sp³-hybridized carbons (Fsp3) is 0.700. The second-order valence-corrected chi connectivity index (χ2v) is 4.65. The second kappa shape index (κ2) is 4.38. The fourth-order valence-corrected chi connectivity index (χ4v) is 3.13. The molecule has 2 atom stereocenters. The molecule has 0 spiro atoms. The van der Waals surface area contributed by atoms with Gasteiger partial charge in [0.05, 0.1) is 6.04 Å². The summed E-state index contributed by atoms with van der Waals surface area (Å²) in [5.41, 5.74) is 5.80. The smallest absolute Gasteiger partial charge is 0.110 e. The number of thiazole rings is 1. The van der Waals surface area contributed by atoms with E-state index in [1.165, 1.54) is 18.0 Å². The Labute approximate surface area is 88.9 Å². The minimum Gasteiger partial charge on any atom is -0.330 e. The van der Waals surface area contributed by atoms with E-state index in [1.54, 1.807) is 11.3 Å². The van der Waals surface area contributed by atoms with Gasteiger partial charge in [-0.05, 0) is 32.0 Å². The summed E-state index contributed by atoms with van der Waals surface area (Å²) >= 11 is 1.75. The summed E-state index contributed by atoms with van der Waals surface area (Å²) in [6.07, 6.45) is 3.11. The minimum atomic E-state index is 0.477. The fourth-order valence-electron chi connectivity index (χ4n) is 2.27. The molecule has 2 rings (SSSR count). The Hall–Kier alpha value is -0.450. The molecule has 3 nitrogen and oxygen atoms in total. The van der Waals surface area contributed by atoms with E-state index < -0.39 is 0 Å². The summed E-state index contributed by atoms with van der Waals surface area (Å²) in [5, 5.41) is 3.29. The SMILES string of the molecule is CCN1CCC(CN)C1c1nccs1. The molecule has 78 valence electrons. The Kier molecular flexibility index (Phi) is 3.15. The van der Waals surface area contributed by atoms with E-state index in [-0.39, 0.29) is 0 Å². The topological polar surface area (TPSA) is 42.1 Å². The third-order valence-electron chi connectivity index (χ3n) is 3.04. The molecule has 1 fully saturated rings. The Morgan fingerprint density at radius 3 is 3.14 bits per heavy atom. The molecule has 1 aliphatic rings. The van der Waals surface area contributed by atoms with Gasteiger partial charge in [0.15, 0.2) is 0 Å². The molecule has 0 radical (unpaired) electrons. The molecular weight excluding hydrogens is 194 g/mol. The third kappa shape index (κ3) is 1.69. The lowest BCUT2D eigenvalue weighted by Gasteiger charge is -2.24. The molecule has 0 amide bonds. The van der Waals surface area contributed by atoms with Gasteiger partial charge >= 0.3 is 0 Å². The van der Waals surface area contributed by atoms with Crippen molar-refractivity contribution in [3.63, 3.8) is 0 Å². The Balaban J connectivity index is 2.19. The maximum absolute atomic E-state index is 5.80. The lowest BCUT2D eigenvalue weighted by molar-refractivity contribution is 0.241. The highest BCUT2D eigenvalue weighted by Gasteiger charge is 2.34. The summed E-state index contributed by atoms with van der Waals surface area (Å²) in [7, 11) is 0. The summed E-state index contributed by atoms with van der Waals surface area (Å²) in [5.74, 6) is 0.598. The number of nitrogens with two attached hydrogens (primary N) is 1. The molecule has 1 aliphatic heterocycles. The quantitative estimate of drug-likeness (QED) is 0.823. The largest absolute Gasteiger partial charge is 0.330 e. The second-order valence-electron chi connectivity index (χ2n) is 3.73. The maximum Gasteiger partial charge on any atom is 0.110 e. The van der Waals surface area contributed by atoms with Crippen molar-refractivity contribution < 1.29 is 0 Å². The molecule has 0 aliphatic carbocycles. The van der Waals surface area contributed by atoms with Crippen molar-refractivity contribution in [3.05, 3.63) is 16.6 Å². The number of hydrogen-bond donors (Lipinski definition) is 1. The normalized spacial score (nSPS) is 28.4. The highest BCUT2D eigenvalue weighted by atomic mass is 32.1. The lowest BCUT2D eigenvalue weighted by Crippen LogP contribution is -2.27. The average Bonchev–Trinajstić information content (AvgIpc) is 2.85. The van der Waals surface area contributed by atoms with Gasteiger partial charge in [0.2, 0.25) is 0 Å². The van der Waals surface area contributed by atoms with Crippen molar-refractivity contribution in [1.29, 1.82) is 0 Å². The van der Waals surface area contributed by atoms with Crippen molar-refractivity contribution in [2.75, 3.05) is 19.6 Å². The molecule has 1 saturated heterocycles. The summed E-state index contributed by atoms with van der Waals surface area (Å²) in [6, 6.07) is 0.477. The lowest BCUT2D eigenvalue weighted by atomic mass is 10.0. The molecular formula is C10H17N3S. The van der Waals surface area contributed by atoms with Gasteiger partial charge in [-0.1, -0.05) is 6.92 Å². The maximum atomic E-state index is 5.80. The van der Waals surface area contributed by atoms with Gasteiger partial charge in [0.1, 0.15) is 5.01 Å². The van der Waals surface area contributed by atoms with Crippen LogP contribution in [-0.4, -0.2) is 29.5 Å². The van der Waals surface area contributed by atoms with Crippen LogP contribution < -0.4 is 5.73 Å². The molecule has 4 heteroatoms. The molecule has 0 aromatic carbocycles. The summed E-state index contributed by atoms with van der Waals surface area (Å²) < 4.78 is 0. The molecule has 2 unspecified atom stereocenters. The van der Waals surface area contributed by atoms with Crippen molar-refractivity contribution in [1.82, 2.24) is 9.88 Å². The summed E-state index contributed by atoms with van der Waals surface area (Å²) in [6.45, 7) is 5.25. The van der Waals surface area contributed by atoms with Crippen molar-refractivity contribution in [2.24, 2.45) is 11.7 Å².